The molecule has 0 bridgehead atoms. The summed E-state index contributed by atoms with van der Waals surface area (Å²) in [5.41, 5.74) is 5.90. The maximum absolute atomic E-state index is 13.9. The van der Waals surface area contributed by atoms with Gasteiger partial charge in [-0.15, -0.1) is 0 Å². The maximum atomic E-state index is 13.9. The van der Waals surface area contributed by atoms with Gasteiger partial charge in [0.1, 0.15) is 4.90 Å². The lowest BCUT2D eigenvalue weighted by molar-refractivity contribution is 0.396. The first-order valence-corrected chi connectivity index (χ1v) is 8.57. The standard InChI is InChI=1S/C13H20BrFN2O2S/c1-9(2)11(16)7-8-17(3)20(18,19)12-6-4-5-10(14)13(12)15/h4-6,9,11H,7-8,16H2,1-3H3. The SMILES string of the molecule is CC(C)C(N)CCN(C)S(=O)(=O)c1cccc(Br)c1F. The molecule has 0 heterocycles. The number of halogens is 2. The number of sulfonamides is 1. The molecule has 0 aromatic heterocycles. The summed E-state index contributed by atoms with van der Waals surface area (Å²) in [4.78, 5) is -0.326. The van der Waals surface area contributed by atoms with Gasteiger partial charge in [-0.05, 0) is 40.4 Å². The van der Waals surface area contributed by atoms with Crippen molar-refractivity contribution in [3.63, 3.8) is 0 Å². The van der Waals surface area contributed by atoms with E-state index in [1.165, 1.54) is 25.2 Å². The van der Waals surface area contributed by atoms with Gasteiger partial charge in [-0.3, -0.25) is 0 Å². The molecule has 4 nitrogen and oxygen atoms in total. The van der Waals surface area contributed by atoms with E-state index in [4.69, 9.17) is 5.73 Å². The third-order valence-electron chi connectivity index (χ3n) is 3.24. The van der Waals surface area contributed by atoms with Crippen LogP contribution in [-0.4, -0.2) is 32.4 Å². The van der Waals surface area contributed by atoms with Crippen LogP contribution in [0.15, 0.2) is 27.6 Å². The molecule has 1 rings (SSSR count). The van der Waals surface area contributed by atoms with Crippen LogP contribution in [0.3, 0.4) is 0 Å². The van der Waals surface area contributed by atoms with Crippen molar-refractivity contribution in [1.29, 1.82) is 0 Å². The molecule has 0 saturated heterocycles. The number of nitrogens with zero attached hydrogens (tertiary/aromatic N) is 1. The highest BCUT2D eigenvalue weighted by molar-refractivity contribution is 9.10. The van der Waals surface area contributed by atoms with Gasteiger partial charge < -0.3 is 5.73 Å². The van der Waals surface area contributed by atoms with Crippen molar-refractivity contribution in [2.45, 2.75) is 31.2 Å². The van der Waals surface area contributed by atoms with Gasteiger partial charge in [-0.25, -0.2) is 17.1 Å². The molecule has 114 valence electrons. The third kappa shape index (κ3) is 4.00. The minimum atomic E-state index is -3.84. The van der Waals surface area contributed by atoms with Gasteiger partial charge in [0.2, 0.25) is 10.0 Å². The van der Waals surface area contributed by atoms with E-state index in [0.717, 1.165) is 4.31 Å². The summed E-state index contributed by atoms with van der Waals surface area (Å²) in [6.07, 6.45) is 0.531. The van der Waals surface area contributed by atoms with Crippen molar-refractivity contribution in [2.75, 3.05) is 13.6 Å². The molecule has 20 heavy (non-hydrogen) atoms. The molecular weight excluding hydrogens is 347 g/mol. The van der Waals surface area contributed by atoms with Crippen molar-refractivity contribution >= 4 is 26.0 Å². The summed E-state index contributed by atoms with van der Waals surface area (Å²) in [6, 6.07) is 4.13. The smallest absolute Gasteiger partial charge is 0.245 e. The second kappa shape index (κ2) is 6.98. The van der Waals surface area contributed by atoms with E-state index in [1.54, 1.807) is 0 Å². The van der Waals surface area contributed by atoms with E-state index < -0.39 is 15.8 Å². The van der Waals surface area contributed by atoms with Gasteiger partial charge in [0, 0.05) is 19.6 Å². The molecule has 2 N–H and O–H groups in total. The second-order valence-electron chi connectivity index (χ2n) is 5.08. The summed E-state index contributed by atoms with van der Waals surface area (Å²) >= 11 is 2.99. The molecule has 0 spiro atoms. The summed E-state index contributed by atoms with van der Waals surface area (Å²) in [6.45, 7) is 4.22. The van der Waals surface area contributed by atoms with Gasteiger partial charge >= 0.3 is 0 Å². The predicted octanol–water partition coefficient (Wildman–Crippen LogP) is 2.58. The van der Waals surface area contributed by atoms with E-state index in [0.29, 0.717) is 6.42 Å². The Balaban J connectivity index is 2.91. The normalized spacial score (nSPS) is 14.0. The lowest BCUT2D eigenvalue weighted by Gasteiger charge is -2.21. The monoisotopic (exact) mass is 366 g/mol. The zero-order valence-corrected chi connectivity index (χ0v) is 14.2. The van der Waals surface area contributed by atoms with E-state index in [9.17, 15) is 12.8 Å². The van der Waals surface area contributed by atoms with Crippen LogP contribution in [0.25, 0.3) is 0 Å². The molecule has 0 amide bonds. The van der Waals surface area contributed by atoms with Crippen molar-refractivity contribution < 1.29 is 12.8 Å². The molecule has 7 heteroatoms. The molecule has 1 atom stereocenters. The Labute approximate surface area is 128 Å². The highest BCUT2D eigenvalue weighted by atomic mass is 79.9. The maximum Gasteiger partial charge on any atom is 0.245 e. The van der Waals surface area contributed by atoms with E-state index in [1.807, 2.05) is 13.8 Å². The van der Waals surface area contributed by atoms with Crippen LogP contribution < -0.4 is 5.73 Å². The first kappa shape index (κ1) is 17.6. The Hall–Kier alpha value is -0.500. The summed E-state index contributed by atoms with van der Waals surface area (Å²) in [5, 5.41) is 0. The Kier molecular flexibility index (Phi) is 6.12. The Morgan fingerprint density at radius 2 is 2.00 bits per heavy atom. The molecule has 0 saturated carbocycles. The van der Waals surface area contributed by atoms with Crippen molar-refractivity contribution in [2.24, 2.45) is 11.7 Å². The van der Waals surface area contributed by atoms with Crippen LogP contribution in [0.5, 0.6) is 0 Å². The van der Waals surface area contributed by atoms with Crippen LogP contribution in [0.1, 0.15) is 20.3 Å². The molecular formula is C13H20BrFN2O2S. The first-order chi connectivity index (χ1) is 9.17. The summed E-state index contributed by atoms with van der Waals surface area (Å²) in [7, 11) is -2.41. The number of benzene rings is 1. The van der Waals surface area contributed by atoms with Crippen molar-refractivity contribution in [3.8, 4) is 0 Å². The second-order valence-corrected chi connectivity index (χ2v) is 7.94. The zero-order valence-electron chi connectivity index (χ0n) is 11.8. The highest BCUT2D eigenvalue weighted by Gasteiger charge is 2.25. The first-order valence-electron chi connectivity index (χ1n) is 6.34. The Morgan fingerprint density at radius 3 is 2.55 bits per heavy atom. The Morgan fingerprint density at radius 1 is 1.40 bits per heavy atom. The Bertz CT molecular complexity index is 563. The lowest BCUT2D eigenvalue weighted by atomic mass is 10.0. The lowest BCUT2D eigenvalue weighted by Crippen LogP contribution is -2.35. The minimum absolute atomic E-state index is 0.0833. The molecule has 0 aliphatic rings. The van der Waals surface area contributed by atoms with Gasteiger partial charge in [0.05, 0.1) is 4.47 Å². The molecule has 1 aromatic carbocycles. The summed E-state index contributed by atoms with van der Waals surface area (Å²) in [5.74, 6) is -0.499. The minimum Gasteiger partial charge on any atom is -0.327 e. The van der Waals surface area contributed by atoms with Crippen LogP contribution in [0.4, 0.5) is 4.39 Å². The number of hydrogen-bond donors (Lipinski definition) is 1. The van der Waals surface area contributed by atoms with Gasteiger partial charge in [0.15, 0.2) is 5.82 Å². The number of hydrogen-bond acceptors (Lipinski definition) is 3. The van der Waals surface area contributed by atoms with Crippen molar-refractivity contribution in [3.05, 3.63) is 28.5 Å². The summed E-state index contributed by atoms with van der Waals surface area (Å²) < 4.78 is 39.8. The number of rotatable bonds is 6. The predicted molar refractivity (Wildman–Crippen MR) is 81.3 cm³/mol. The van der Waals surface area contributed by atoms with Gasteiger partial charge in [-0.1, -0.05) is 19.9 Å². The average Bonchev–Trinajstić information content (AvgIpc) is 2.38. The van der Waals surface area contributed by atoms with Crippen LogP contribution >= 0.6 is 15.9 Å². The highest BCUT2D eigenvalue weighted by Crippen LogP contribution is 2.24. The van der Waals surface area contributed by atoms with E-state index in [-0.39, 0.29) is 27.9 Å². The average molecular weight is 367 g/mol. The molecule has 0 radical (unpaired) electrons. The largest absolute Gasteiger partial charge is 0.327 e. The van der Waals surface area contributed by atoms with Gasteiger partial charge in [-0.2, -0.15) is 0 Å². The fourth-order valence-corrected chi connectivity index (χ4v) is 3.40. The van der Waals surface area contributed by atoms with Gasteiger partial charge in [0.25, 0.3) is 0 Å². The van der Waals surface area contributed by atoms with Crippen LogP contribution in [-0.2, 0) is 10.0 Å². The fourth-order valence-electron chi connectivity index (χ4n) is 1.64. The van der Waals surface area contributed by atoms with E-state index in [2.05, 4.69) is 15.9 Å². The fraction of sp³-hybridized carbons (Fsp3) is 0.538. The third-order valence-corrected chi connectivity index (χ3v) is 5.72. The molecule has 0 aliphatic carbocycles. The molecule has 1 unspecified atom stereocenters. The zero-order chi connectivity index (χ0) is 15.5. The number of nitrogens with two attached hydrogens (primary N) is 1. The molecule has 1 aromatic rings. The topological polar surface area (TPSA) is 63.4 Å². The van der Waals surface area contributed by atoms with Crippen molar-refractivity contribution in [1.82, 2.24) is 4.31 Å². The molecule has 0 fully saturated rings. The molecule has 0 aliphatic heterocycles. The quantitative estimate of drug-likeness (QED) is 0.841. The van der Waals surface area contributed by atoms with Crippen LogP contribution in [0, 0.1) is 11.7 Å². The van der Waals surface area contributed by atoms with Crippen LogP contribution in [0.2, 0.25) is 0 Å². The van der Waals surface area contributed by atoms with E-state index >= 15 is 0 Å².